The van der Waals surface area contributed by atoms with Crippen LogP contribution in [0.25, 0.3) is 10.4 Å². The third kappa shape index (κ3) is 6.99. The van der Waals surface area contributed by atoms with Crippen LogP contribution in [-0.4, -0.2) is 34.7 Å². The van der Waals surface area contributed by atoms with Crippen LogP contribution in [0.3, 0.4) is 0 Å². The van der Waals surface area contributed by atoms with Gasteiger partial charge in [-0.25, -0.2) is 9.69 Å². The highest BCUT2D eigenvalue weighted by atomic mass is 32.1. The number of halogens is 3. The SMILES string of the molecule is Cc1cc(-c2ccc(C(F)(F)F)cc2)sc1COc1ccc([C@H](CC(=O)N2C(=O)OC[C@@H]2Cc2ccccc2)c2ccon2)cc1. The highest BCUT2D eigenvalue weighted by molar-refractivity contribution is 7.15. The van der Waals surface area contributed by atoms with Gasteiger partial charge in [-0.15, -0.1) is 11.3 Å². The van der Waals surface area contributed by atoms with E-state index in [9.17, 15) is 22.8 Å². The number of carbonyl (C=O) groups is 2. The maximum Gasteiger partial charge on any atom is 0.416 e. The molecule has 1 fully saturated rings. The van der Waals surface area contributed by atoms with E-state index < -0.39 is 29.8 Å². The van der Waals surface area contributed by atoms with E-state index in [0.717, 1.165) is 38.6 Å². The molecule has 0 N–H and O–H groups in total. The molecule has 0 spiro atoms. The normalized spacial score (nSPS) is 15.5. The summed E-state index contributed by atoms with van der Waals surface area (Å²) in [4.78, 5) is 29.2. The Balaban J connectivity index is 1.13. The van der Waals surface area contributed by atoms with E-state index in [1.54, 1.807) is 18.2 Å². The fraction of sp³-hybridized carbons (Fsp3) is 0.229. The minimum atomic E-state index is -4.38. The van der Waals surface area contributed by atoms with Crippen molar-refractivity contribution in [3.05, 3.63) is 130 Å². The molecule has 0 radical (unpaired) electrons. The van der Waals surface area contributed by atoms with Crippen LogP contribution in [0.15, 0.2) is 102 Å². The van der Waals surface area contributed by atoms with E-state index in [0.29, 0.717) is 23.4 Å². The summed E-state index contributed by atoms with van der Waals surface area (Å²) in [5.41, 5.74) is 3.35. The van der Waals surface area contributed by atoms with Crippen LogP contribution in [0, 0.1) is 6.92 Å². The smallest absolute Gasteiger partial charge is 0.416 e. The number of ether oxygens (including phenoxy) is 2. The van der Waals surface area contributed by atoms with Crippen molar-refractivity contribution in [2.45, 2.75) is 44.5 Å². The summed E-state index contributed by atoms with van der Waals surface area (Å²) < 4.78 is 55.2. The quantitative estimate of drug-likeness (QED) is 0.152. The number of amides is 2. The molecule has 3 aromatic carbocycles. The van der Waals surface area contributed by atoms with Gasteiger partial charge < -0.3 is 14.0 Å². The highest BCUT2D eigenvalue weighted by Crippen LogP contribution is 2.36. The molecule has 236 valence electrons. The number of aryl methyl sites for hydroxylation is 1. The topological polar surface area (TPSA) is 81.9 Å². The van der Waals surface area contributed by atoms with Gasteiger partial charge in [-0.2, -0.15) is 13.2 Å². The Morgan fingerprint density at radius 3 is 2.46 bits per heavy atom. The molecule has 2 atom stereocenters. The van der Waals surface area contributed by atoms with Gasteiger partial charge in [-0.05, 0) is 65.9 Å². The summed E-state index contributed by atoms with van der Waals surface area (Å²) >= 11 is 1.47. The Kier molecular flexibility index (Phi) is 8.94. The van der Waals surface area contributed by atoms with E-state index in [-0.39, 0.29) is 25.5 Å². The molecule has 46 heavy (non-hydrogen) atoms. The summed E-state index contributed by atoms with van der Waals surface area (Å²) in [5, 5.41) is 4.08. The number of benzene rings is 3. The lowest BCUT2D eigenvalue weighted by Gasteiger charge is -2.22. The second kappa shape index (κ2) is 13.2. The first kappa shape index (κ1) is 31.1. The summed E-state index contributed by atoms with van der Waals surface area (Å²) in [6.45, 7) is 2.35. The number of imide groups is 1. The van der Waals surface area contributed by atoms with Crippen molar-refractivity contribution in [2.75, 3.05) is 6.61 Å². The number of hydrogen-bond acceptors (Lipinski definition) is 7. The first-order valence-electron chi connectivity index (χ1n) is 14.6. The number of thiophene rings is 1. The predicted molar refractivity (Wildman–Crippen MR) is 165 cm³/mol. The van der Waals surface area contributed by atoms with Gasteiger partial charge in [-0.3, -0.25) is 4.79 Å². The third-order valence-electron chi connectivity index (χ3n) is 7.91. The van der Waals surface area contributed by atoms with E-state index in [1.807, 2.05) is 55.5 Å². The number of carbonyl (C=O) groups excluding carboxylic acids is 2. The number of rotatable bonds is 10. The minimum absolute atomic E-state index is 0.0196. The minimum Gasteiger partial charge on any atom is -0.488 e. The summed E-state index contributed by atoms with van der Waals surface area (Å²) in [6, 6.07) is 25.3. The van der Waals surface area contributed by atoms with Crippen molar-refractivity contribution < 1.29 is 36.8 Å². The van der Waals surface area contributed by atoms with Gasteiger partial charge in [0, 0.05) is 28.2 Å². The number of nitrogens with zero attached hydrogens (tertiary/aromatic N) is 2. The van der Waals surface area contributed by atoms with Crippen molar-refractivity contribution in [2.24, 2.45) is 0 Å². The average Bonchev–Trinajstić information content (AvgIpc) is 3.80. The molecule has 2 amide bonds. The summed E-state index contributed by atoms with van der Waals surface area (Å²) in [7, 11) is 0. The van der Waals surface area contributed by atoms with Crippen molar-refractivity contribution in [1.82, 2.24) is 10.1 Å². The lowest BCUT2D eigenvalue weighted by molar-refractivity contribution is -0.137. The molecule has 1 aliphatic heterocycles. The molecule has 0 bridgehead atoms. The third-order valence-corrected chi connectivity index (χ3v) is 9.17. The van der Waals surface area contributed by atoms with Crippen LogP contribution in [0.2, 0.25) is 0 Å². The van der Waals surface area contributed by atoms with Crippen molar-refractivity contribution >= 4 is 23.3 Å². The summed E-state index contributed by atoms with van der Waals surface area (Å²) in [6.07, 6.45) is -3.12. The Hall–Kier alpha value is -4.90. The Morgan fingerprint density at radius 1 is 1.04 bits per heavy atom. The molecule has 1 saturated heterocycles. The van der Waals surface area contributed by atoms with Crippen molar-refractivity contribution in [3.63, 3.8) is 0 Å². The fourth-order valence-corrected chi connectivity index (χ4v) is 6.54. The molecule has 0 aliphatic carbocycles. The Bertz CT molecular complexity index is 1790. The van der Waals surface area contributed by atoms with Crippen molar-refractivity contribution in [1.29, 1.82) is 0 Å². The Morgan fingerprint density at radius 2 is 1.78 bits per heavy atom. The van der Waals surface area contributed by atoms with Gasteiger partial charge in [0.15, 0.2) is 0 Å². The molecule has 2 aromatic heterocycles. The van der Waals surface area contributed by atoms with Gasteiger partial charge in [0.2, 0.25) is 5.91 Å². The van der Waals surface area contributed by atoms with Crippen LogP contribution in [-0.2, 0) is 28.7 Å². The molecule has 11 heteroatoms. The zero-order valence-corrected chi connectivity index (χ0v) is 25.5. The molecule has 0 unspecified atom stereocenters. The second-order valence-corrected chi connectivity index (χ2v) is 12.2. The van der Waals surface area contributed by atoms with Gasteiger partial charge in [0.05, 0.1) is 17.3 Å². The lowest BCUT2D eigenvalue weighted by atomic mass is 9.91. The highest BCUT2D eigenvalue weighted by Gasteiger charge is 2.39. The Labute approximate surface area is 267 Å². The van der Waals surface area contributed by atoms with Crippen molar-refractivity contribution in [3.8, 4) is 16.2 Å². The van der Waals surface area contributed by atoms with E-state index in [2.05, 4.69) is 5.16 Å². The predicted octanol–water partition coefficient (Wildman–Crippen LogP) is 8.42. The van der Waals surface area contributed by atoms with Crippen LogP contribution < -0.4 is 4.74 Å². The summed E-state index contributed by atoms with van der Waals surface area (Å²) in [5.74, 6) is -0.241. The molecular weight excluding hydrogens is 617 g/mol. The lowest BCUT2D eigenvalue weighted by Crippen LogP contribution is -2.40. The maximum atomic E-state index is 13.6. The van der Waals surface area contributed by atoms with E-state index in [1.165, 1.54) is 34.6 Å². The second-order valence-electron chi connectivity index (χ2n) is 11.0. The molecule has 1 aliphatic rings. The van der Waals surface area contributed by atoms with Crippen LogP contribution in [0.1, 0.15) is 45.2 Å². The molecule has 7 nitrogen and oxygen atoms in total. The van der Waals surface area contributed by atoms with Gasteiger partial charge in [-0.1, -0.05) is 59.8 Å². The largest absolute Gasteiger partial charge is 0.488 e. The van der Waals surface area contributed by atoms with Crippen LogP contribution in [0.5, 0.6) is 5.75 Å². The molecule has 3 heterocycles. The molecule has 0 saturated carbocycles. The molecule has 5 aromatic rings. The van der Waals surface area contributed by atoms with E-state index in [4.69, 9.17) is 14.0 Å². The maximum absolute atomic E-state index is 13.6. The van der Waals surface area contributed by atoms with Crippen LogP contribution >= 0.6 is 11.3 Å². The molecular formula is C35H29F3N2O5S. The van der Waals surface area contributed by atoms with Gasteiger partial charge >= 0.3 is 12.3 Å². The average molecular weight is 647 g/mol. The number of hydrogen-bond donors (Lipinski definition) is 0. The van der Waals surface area contributed by atoms with Gasteiger partial charge in [0.1, 0.15) is 25.2 Å². The zero-order valence-electron chi connectivity index (χ0n) is 24.7. The zero-order chi connectivity index (χ0) is 32.3. The standard InChI is InChI=1S/C35H29F3N2O5S/c1-22-17-31(25-7-11-26(12-8-25)35(36,37)38)46-32(22)21-43-28-13-9-24(10-14-28)29(30-15-16-45-39-30)19-33(41)40-27(20-44-34(40)42)18-23-5-3-2-4-6-23/h2-17,27,29H,18-21H2,1H3/t27-,29-/m0/s1. The monoisotopic (exact) mass is 646 g/mol. The van der Waals surface area contributed by atoms with Crippen LogP contribution in [0.4, 0.5) is 18.0 Å². The van der Waals surface area contributed by atoms with E-state index >= 15 is 0 Å². The van der Waals surface area contributed by atoms with Gasteiger partial charge in [0.25, 0.3) is 0 Å². The fourth-order valence-electron chi connectivity index (χ4n) is 5.44. The number of aromatic nitrogens is 1. The number of cyclic esters (lactones) is 1. The first-order valence-corrected chi connectivity index (χ1v) is 15.4. The molecule has 6 rings (SSSR count). The first-order chi connectivity index (χ1) is 22.2. The number of alkyl halides is 3.